The second kappa shape index (κ2) is 6.60. The lowest BCUT2D eigenvalue weighted by molar-refractivity contribution is 0.564. The summed E-state index contributed by atoms with van der Waals surface area (Å²) in [5, 5.41) is 3.29. The van der Waals surface area contributed by atoms with Crippen LogP contribution >= 0.6 is 39.3 Å². The van der Waals surface area contributed by atoms with Gasteiger partial charge in [0.15, 0.2) is 0 Å². The van der Waals surface area contributed by atoms with Gasteiger partial charge in [0.2, 0.25) is 0 Å². The van der Waals surface area contributed by atoms with Crippen molar-refractivity contribution in [1.82, 2.24) is 5.32 Å². The zero-order valence-corrected chi connectivity index (χ0v) is 14.1. The fourth-order valence-corrected chi connectivity index (χ4v) is 2.96. The van der Waals surface area contributed by atoms with Gasteiger partial charge in [0, 0.05) is 26.6 Å². The minimum absolute atomic E-state index is 0.0418. The van der Waals surface area contributed by atoms with E-state index in [2.05, 4.69) is 42.0 Å². The van der Waals surface area contributed by atoms with Crippen molar-refractivity contribution in [1.29, 1.82) is 0 Å². The molecule has 1 unspecified atom stereocenters. The number of halogens is 3. The number of thioether (sulfide) groups is 1. The molecule has 0 bridgehead atoms. The van der Waals surface area contributed by atoms with Crippen molar-refractivity contribution in [2.75, 3.05) is 12.8 Å². The Hall–Kier alpha value is 0.230. The molecule has 1 nitrogen and oxygen atoms in total. The maximum absolute atomic E-state index is 14.1. The fraction of sp³-hybridized carbons (Fsp3) is 0.538. The van der Waals surface area contributed by atoms with Gasteiger partial charge in [-0.3, -0.25) is 0 Å². The molecule has 102 valence electrons. The molecule has 18 heavy (non-hydrogen) atoms. The van der Waals surface area contributed by atoms with E-state index in [1.54, 1.807) is 23.9 Å². The van der Waals surface area contributed by atoms with Crippen LogP contribution in [0.15, 0.2) is 16.6 Å². The van der Waals surface area contributed by atoms with Crippen LogP contribution in [0, 0.1) is 5.82 Å². The van der Waals surface area contributed by atoms with Crippen LogP contribution in [0.3, 0.4) is 0 Å². The van der Waals surface area contributed by atoms with E-state index in [9.17, 15) is 4.39 Å². The molecule has 1 aromatic rings. The molecule has 0 radical (unpaired) electrons. The van der Waals surface area contributed by atoms with Crippen molar-refractivity contribution in [2.45, 2.75) is 31.6 Å². The summed E-state index contributed by atoms with van der Waals surface area (Å²) >= 11 is 10.9. The Balaban J connectivity index is 2.92. The lowest BCUT2D eigenvalue weighted by Gasteiger charge is -2.23. The lowest BCUT2D eigenvalue weighted by Crippen LogP contribution is -2.23. The minimum atomic E-state index is -0.347. The number of nitrogens with one attached hydrogen (secondary N) is 1. The van der Waals surface area contributed by atoms with Crippen LogP contribution in [0.5, 0.6) is 0 Å². The van der Waals surface area contributed by atoms with E-state index >= 15 is 0 Å². The second-order valence-electron chi connectivity index (χ2n) is 5.03. The molecule has 1 N–H and O–H groups in total. The highest BCUT2D eigenvalue weighted by molar-refractivity contribution is 9.10. The molecule has 0 saturated heterocycles. The van der Waals surface area contributed by atoms with Gasteiger partial charge in [-0.05, 0) is 29.0 Å². The van der Waals surface area contributed by atoms with Crippen LogP contribution < -0.4 is 5.32 Å². The van der Waals surface area contributed by atoms with E-state index in [4.69, 9.17) is 11.6 Å². The van der Waals surface area contributed by atoms with Crippen LogP contribution in [0.25, 0.3) is 0 Å². The first-order valence-electron chi connectivity index (χ1n) is 5.71. The van der Waals surface area contributed by atoms with Crippen LogP contribution in [0.1, 0.15) is 32.4 Å². The SMILES string of the molecule is CNC(CSC(C)(C)C)c1ccc(Br)c(Cl)c1F. The predicted molar refractivity (Wildman–Crippen MR) is 83.1 cm³/mol. The summed E-state index contributed by atoms with van der Waals surface area (Å²) < 4.78 is 14.9. The third-order valence-electron chi connectivity index (χ3n) is 2.47. The van der Waals surface area contributed by atoms with E-state index in [-0.39, 0.29) is 21.6 Å². The molecular formula is C13H18BrClFNS. The van der Waals surface area contributed by atoms with Crippen LogP contribution in [0.4, 0.5) is 4.39 Å². The molecule has 0 heterocycles. The second-order valence-corrected chi connectivity index (χ2v) is 8.11. The van der Waals surface area contributed by atoms with Crippen molar-refractivity contribution >= 4 is 39.3 Å². The average molecular weight is 355 g/mol. The van der Waals surface area contributed by atoms with E-state index in [0.717, 1.165) is 5.75 Å². The Labute approximate surface area is 126 Å². The molecule has 0 aromatic heterocycles. The topological polar surface area (TPSA) is 12.0 Å². The quantitative estimate of drug-likeness (QED) is 0.761. The van der Waals surface area contributed by atoms with Crippen molar-refractivity contribution in [3.8, 4) is 0 Å². The molecule has 0 amide bonds. The van der Waals surface area contributed by atoms with Gasteiger partial charge in [-0.1, -0.05) is 38.4 Å². The first kappa shape index (κ1) is 16.3. The minimum Gasteiger partial charge on any atom is -0.312 e. The van der Waals surface area contributed by atoms with Gasteiger partial charge in [-0.15, -0.1) is 0 Å². The van der Waals surface area contributed by atoms with Crippen LogP contribution in [-0.4, -0.2) is 17.5 Å². The van der Waals surface area contributed by atoms with Gasteiger partial charge < -0.3 is 5.32 Å². The molecule has 0 aliphatic heterocycles. The van der Waals surface area contributed by atoms with E-state index < -0.39 is 0 Å². The zero-order valence-electron chi connectivity index (χ0n) is 11.0. The monoisotopic (exact) mass is 353 g/mol. The van der Waals surface area contributed by atoms with Gasteiger partial charge in [-0.25, -0.2) is 4.39 Å². The predicted octanol–water partition coefficient (Wildman–Crippen LogP) is 5.03. The fourth-order valence-electron chi connectivity index (χ4n) is 1.47. The molecule has 1 atom stereocenters. The molecule has 5 heteroatoms. The maximum Gasteiger partial charge on any atom is 0.147 e. The van der Waals surface area contributed by atoms with E-state index in [1.165, 1.54) is 0 Å². The summed E-state index contributed by atoms with van der Waals surface area (Å²) in [6, 6.07) is 3.52. The van der Waals surface area contributed by atoms with E-state index in [1.807, 2.05) is 7.05 Å². The molecular weight excluding hydrogens is 337 g/mol. The first-order valence-corrected chi connectivity index (χ1v) is 7.86. The lowest BCUT2D eigenvalue weighted by atomic mass is 10.1. The van der Waals surface area contributed by atoms with Gasteiger partial charge in [0.1, 0.15) is 5.82 Å². The Morgan fingerprint density at radius 3 is 2.56 bits per heavy atom. The Morgan fingerprint density at radius 2 is 2.06 bits per heavy atom. The third-order valence-corrected chi connectivity index (χ3v) is 5.10. The Morgan fingerprint density at radius 1 is 1.44 bits per heavy atom. The van der Waals surface area contributed by atoms with Crippen molar-refractivity contribution in [2.24, 2.45) is 0 Å². The highest BCUT2D eigenvalue weighted by atomic mass is 79.9. The largest absolute Gasteiger partial charge is 0.312 e. The van der Waals surface area contributed by atoms with E-state index in [0.29, 0.717) is 10.0 Å². The van der Waals surface area contributed by atoms with Crippen LogP contribution in [0.2, 0.25) is 5.02 Å². The summed E-state index contributed by atoms with van der Waals surface area (Å²) in [5.74, 6) is 0.453. The summed E-state index contributed by atoms with van der Waals surface area (Å²) in [6.45, 7) is 6.44. The van der Waals surface area contributed by atoms with Crippen molar-refractivity contribution < 1.29 is 4.39 Å². The maximum atomic E-state index is 14.1. The number of rotatable bonds is 4. The average Bonchev–Trinajstić information content (AvgIpc) is 2.28. The number of hydrogen-bond acceptors (Lipinski definition) is 2. The number of hydrogen-bond donors (Lipinski definition) is 1. The standard InChI is InChI=1S/C13H18BrClFNS/c1-13(2,3)18-7-10(17-4)8-5-6-9(14)11(15)12(8)16/h5-6,10,17H,7H2,1-4H3. The van der Waals surface area contributed by atoms with Gasteiger partial charge in [-0.2, -0.15) is 11.8 Å². The molecule has 0 aliphatic carbocycles. The normalized spacial score (nSPS) is 13.7. The summed E-state index contributed by atoms with van der Waals surface area (Å²) in [7, 11) is 1.84. The van der Waals surface area contributed by atoms with Gasteiger partial charge in [0.25, 0.3) is 0 Å². The van der Waals surface area contributed by atoms with Gasteiger partial charge >= 0.3 is 0 Å². The third kappa shape index (κ3) is 4.41. The molecule has 0 spiro atoms. The first-order chi connectivity index (χ1) is 8.26. The highest BCUT2D eigenvalue weighted by Gasteiger charge is 2.20. The Bertz CT molecular complexity index is 420. The van der Waals surface area contributed by atoms with Crippen molar-refractivity contribution in [3.63, 3.8) is 0 Å². The molecule has 0 aliphatic rings. The number of benzene rings is 1. The van der Waals surface area contributed by atoms with Crippen LogP contribution in [-0.2, 0) is 0 Å². The molecule has 1 aromatic carbocycles. The highest BCUT2D eigenvalue weighted by Crippen LogP contribution is 2.33. The van der Waals surface area contributed by atoms with Gasteiger partial charge in [0.05, 0.1) is 5.02 Å². The Kier molecular flexibility index (Phi) is 5.97. The summed E-state index contributed by atoms with van der Waals surface area (Å²) in [4.78, 5) is 0. The molecule has 1 rings (SSSR count). The molecule has 0 fully saturated rings. The molecule has 0 saturated carbocycles. The summed E-state index contributed by atoms with van der Waals surface area (Å²) in [6.07, 6.45) is 0. The smallest absolute Gasteiger partial charge is 0.147 e. The zero-order chi connectivity index (χ0) is 13.9. The summed E-state index contributed by atoms with van der Waals surface area (Å²) in [5.41, 5.74) is 0.613. The van der Waals surface area contributed by atoms with Crippen molar-refractivity contribution in [3.05, 3.63) is 33.0 Å².